The lowest BCUT2D eigenvalue weighted by atomic mass is 10.1. The third kappa shape index (κ3) is 5.33. The van der Waals surface area contributed by atoms with Gasteiger partial charge in [-0.15, -0.1) is 22.7 Å². The van der Waals surface area contributed by atoms with Crippen LogP contribution in [0.2, 0.25) is 0 Å². The molecule has 1 saturated heterocycles. The van der Waals surface area contributed by atoms with Gasteiger partial charge in [-0.25, -0.2) is 19.7 Å². The first kappa shape index (κ1) is 26.6. The molecule has 3 aromatic rings. The lowest BCUT2D eigenvalue weighted by molar-refractivity contribution is -0.0757. The molecule has 4 rings (SSSR count). The minimum atomic E-state index is -0.933. The highest BCUT2D eigenvalue weighted by Crippen LogP contribution is 2.44. The van der Waals surface area contributed by atoms with E-state index in [4.69, 9.17) is 25.9 Å². The second-order valence-electron chi connectivity index (χ2n) is 9.99. The van der Waals surface area contributed by atoms with Crippen molar-refractivity contribution in [3.63, 3.8) is 0 Å². The van der Waals surface area contributed by atoms with E-state index in [1.165, 1.54) is 28.1 Å². The SMILES string of the molecule is C[C@H]1OC(C)(C)N(C(=O)OC(C)(C)C)[C@@H]1c1nc(-c2nc(-c3nc(C(N)=O)cs3)ccc2C(N)=O)cs1. The molecule has 13 heteroatoms. The van der Waals surface area contributed by atoms with Gasteiger partial charge in [0.05, 0.1) is 17.4 Å². The molecule has 3 amide bonds. The summed E-state index contributed by atoms with van der Waals surface area (Å²) in [6, 6.07) is 2.61. The summed E-state index contributed by atoms with van der Waals surface area (Å²) in [7, 11) is 0. The van der Waals surface area contributed by atoms with Crippen molar-refractivity contribution >= 4 is 40.6 Å². The number of carbonyl (C=O) groups is 3. The molecular formula is C24H28N6O5S2. The van der Waals surface area contributed by atoms with Gasteiger partial charge >= 0.3 is 6.09 Å². The Labute approximate surface area is 221 Å². The summed E-state index contributed by atoms with van der Waals surface area (Å²) in [6.45, 7) is 10.9. The van der Waals surface area contributed by atoms with Crippen molar-refractivity contribution < 1.29 is 23.9 Å². The van der Waals surface area contributed by atoms with Crippen LogP contribution in [0.1, 0.15) is 73.4 Å². The van der Waals surface area contributed by atoms with E-state index in [-0.39, 0.29) is 23.1 Å². The fraction of sp³-hybridized carbons (Fsp3) is 0.417. The predicted molar refractivity (Wildman–Crippen MR) is 139 cm³/mol. The molecule has 0 bridgehead atoms. The number of primary amides is 2. The Balaban J connectivity index is 1.75. The highest BCUT2D eigenvalue weighted by molar-refractivity contribution is 7.13. The van der Waals surface area contributed by atoms with Crippen molar-refractivity contribution in [1.29, 1.82) is 0 Å². The Morgan fingerprint density at radius 2 is 1.73 bits per heavy atom. The van der Waals surface area contributed by atoms with Crippen LogP contribution in [0.5, 0.6) is 0 Å². The van der Waals surface area contributed by atoms with Gasteiger partial charge in [0.25, 0.3) is 11.8 Å². The molecule has 37 heavy (non-hydrogen) atoms. The Morgan fingerprint density at radius 1 is 1.03 bits per heavy atom. The van der Waals surface area contributed by atoms with Crippen LogP contribution in [0.3, 0.4) is 0 Å². The maximum atomic E-state index is 13.2. The monoisotopic (exact) mass is 544 g/mol. The zero-order chi connectivity index (χ0) is 27.3. The fourth-order valence-electron chi connectivity index (χ4n) is 4.09. The second kappa shape index (κ2) is 9.47. The smallest absolute Gasteiger partial charge is 0.413 e. The van der Waals surface area contributed by atoms with Crippen LogP contribution in [-0.4, -0.2) is 55.2 Å². The highest BCUT2D eigenvalue weighted by atomic mass is 32.1. The second-order valence-corrected chi connectivity index (χ2v) is 11.7. The lowest BCUT2D eigenvalue weighted by Gasteiger charge is -2.34. The van der Waals surface area contributed by atoms with Crippen molar-refractivity contribution in [1.82, 2.24) is 19.9 Å². The predicted octanol–water partition coefficient (Wildman–Crippen LogP) is 3.96. The maximum absolute atomic E-state index is 13.2. The molecule has 11 nitrogen and oxygen atoms in total. The van der Waals surface area contributed by atoms with Gasteiger partial charge in [0.15, 0.2) is 0 Å². The third-order valence-electron chi connectivity index (χ3n) is 5.52. The molecule has 0 spiro atoms. The quantitative estimate of drug-likeness (QED) is 0.487. The zero-order valence-corrected chi connectivity index (χ0v) is 22.9. The van der Waals surface area contributed by atoms with Crippen LogP contribution >= 0.6 is 22.7 Å². The number of thiazole rings is 2. The summed E-state index contributed by atoms with van der Waals surface area (Å²) in [5, 5.41) is 4.33. The maximum Gasteiger partial charge on any atom is 0.413 e. The Bertz CT molecular complexity index is 1380. The van der Waals surface area contributed by atoms with E-state index in [9.17, 15) is 14.4 Å². The summed E-state index contributed by atoms with van der Waals surface area (Å²) >= 11 is 2.51. The number of pyridine rings is 1. The van der Waals surface area contributed by atoms with Crippen LogP contribution in [0.25, 0.3) is 22.1 Å². The van der Waals surface area contributed by atoms with Gasteiger partial charge in [0.1, 0.15) is 44.5 Å². The van der Waals surface area contributed by atoms with E-state index in [0.29, 0.717) is 21.4 Å². The standard InChI is InChI=1S/C24H28N6O5S2/c1-11-17(30(24(5,6)34-11)22(33)35-23(2,3)4)21-28-14(9-37-21)16-12(18(25)31)7-8-13(27-16)20-29-15(10-36-20)19(26)32/h7-11,17H,1-6H3,(H2,25,31)(H2,26,32)/t11-,17+/m1/s1. The van der Waals surface area contributed by atoms with Crippen molar-refractivity contribution in [2.24, 2.45) is 11.5 Å². The highest BCUT2D eigenvalue weighted by Gasteiger charge is 2.51. The molecule has 0 saturated carbocycles. The molecule has 1 fully saturated rings. The molecule has 3 aromatic heterocycles. The lowest BCUT2D eigenvalue weighted by Crippen LogP contribution is -2.47. The molecule has 4 N–H and O–H groups in total. The van der Waals surface area contributed by atoms with Crippen molar-refractivity contribution in [2.75, 3.05) is 0 Å². The van der Waals surface area contributed by atoms with Gasteiger partial charge in [-0.05, 0) is 53.7 Å². The number of nitrogens with two attached hydrogens (primary N) is 2. The van der Waals surface area contributed by atoms with Crippen molar-refractivity contribution in [2.45, 2.75) is 65.0 Å². The average molecular weight is 545 g/mol. The van der Waals surface area contributed by atoms with E-state index in [2.05, 4.69) is 9.97 Å². The number of amides is 3. The van der Waals surface area contributed by atoms with Crippen molar-refractivity contribution in [3.05, 3.63) is 39.2 Å². The largest absolute Gasteiger partial charge is 0.444 e. The molecule has 0 aliphatic carbocycles. The number of aromatic nitrogens is 3. The fourth-order valence-corrected chi connectivity index (χ4v) is 5.85. The number of ether oxygens (including phenoxy) is 2. The molecule has 2 atom stereocenters. The Morgan fingerprint density at radius 3 is 2.32 bits per heavy atom. The molecule has 196 valence electrons. The van der Waals surface area contributed by atoms with Crippen molar-refractivity contribution in [3.8, 4) is 22.1 Å². The van der Waals surface area contributed by atoms with E-state index in [1.807, 2.05) is 6.92 Å². The van der Waals surface area contributed by atoms with Gasteiger partial charge in [0, 0.05) is 10.8 Å². The molecule has 4 heterocycles. The van der Waals surface area contributed by atoms with Crippen LogP contribution in [0.4, 0.5) is 4.79 Å². The molecule has 0 unspecified atom stereocenters. The first-order valence-corrected chi connectivity index (χ1v) is 13.2. The summed E-state index contributed by atoms with van der Waals surface area (Å²) in [5.74, 6) is -1.32. The minimum absolute atomic E-state index is 0.123. The molecule has 0 aromatic carbocycles. The first-order chi connectivity index (χ1) is 17.2. The van der Waals surface area contributed by atoms with Crippen LogP contribution in [-0.2, 0) is 9.47 Å². The first-order valence-electron chi connectivity index (χ1n) is 11.4. The summed E-state index contributed by atoms with van der Waals surface area (Å²) in [4.78, 5) is 51.9. The Kier molecular flexibility index (Phi) is 6.82. The van der Waals surface area contributed by atoms with E-state index in [0.717, 1.165) is 0 Å². The van der Waals surface area contributed by atoms with Crippen LogP contribution < -0.4 is 11.5 Å². The third-order valence-corrected chi connectivity index (χ3v) is 7.30. The summed E-state index contributed by atoms with van der Waals surface area (Å²) < 4.78 is 11.8. The Hall–Kier alpha value is -3.42. The molecule has 0 radical (unpaired) electrons. The van der Waals surface area contributed by atoms with Crippen LogP contribution in [0, 0.1) is 0 Å². The van der Waals surface area contributed by atoms with Gasteiger partial charge in [0.2, 0.25) is 0 Å². The topological polar surface area (TPSA) is 164 Å². The van der Waals surface area contributed by atoms with Gasteiger partial charge < -0.3 is 20.9 Å². The van der Waals surface area contributed by atoms with E-state index < -0.39 is 35.3 Å². The van der Waals surface area contributed by atoms with Crippen LogP contribution in [0.15, 0.2) is 22.9 Å². The number of carbonyl (C=O) groups excluding carboxylic acids is 3. The molecule has 1 aliphatic rings. The average Bonchev–Trinajstić information content (AvgIpc) is 3.49. The zero-order valence-electron chi connectivity index (χ0n) is 21.3. The van der Waals surface area contributed by atoms with E-state index >= 15 is 0 Å². The van der Waals surface area contributed by atoms with Gasteiger partial charge in [-0.3, -0.25) is 14.5 Å². The normalized spacial score (nSPS) is 19.1. The minimum Gasteiger partial charge on any atom is -0.444 e. The van der Waals surface area contributed by atoms with Gasteiger partial charge in [-0.2, -0.15) is 0 Å². The summed E-state index contributed by atoms with van der Waals surface area (Å²) in [6.07, 6.45) is -0.894. The number of hydrogen-bond donors (Lipinski definition) is 2. The van der Waals surface area contributed by atoms with E-state index in [1.54, 1.807) is 57.0 Å². The summed E-state index contributed by atoms with van der Waals surface area (Å²) in [5.41, 5.74) is 10.7. The number of nitrogens with zero attached hydrogens (tertiary/aromatic N) is 4. The number of rotatable bonds is 5. The number of hydrogen-bond acceptors (Lipinski definition) is 10. The molecular weight excluding hydrogens is 516 g/mol. The molecule has 1 aliphatic heterocycles. The van der Waals surface area contributed by atoms with Gasteiger partial charge in [-0.1, -0.05) is 0 Å².